The summed E-state index contributed by atoms with van der Waals surface area (Å²) in [6.07, 6.45) is -3.09. The summed E-state index contributed by atoms with van der Waals surface area (Å²) >= 11 is 0. The quantitative estimate of drug-likeness (QED) is 0.800. The van der Waals surface area contributed by atoms with E-state index in [1.54, 1.807) is 0 Å². The minimum atomic E-state index is -4.66. The van der Waals surface area contributed by atoms with Gasteiger partial charge in [-0.25, -0.2) is 4.79 Å². The Hall–Kier alpha value is -1.30. The predicted molar refractivity (Wildman–Crippen MR) is 43.4 cm³/mol. The summed E-state index contributed by atoms with van der Waals surface area (Å²) in [6, 6.07) is 0.628. The lowest BCUT2D eigenvalue weighted by molar-refractivity contribution is -0.138. The Morgan fingerprint density at radius 2 is 2.00 bits per heavy atom. The van der Waals surface area contributed by atoms with E-state index in [9.17, 15) is 18.0 Å². The van der Waals surface area contributed by atoms with Gasteiger partial charge in [-0.1, -0.05) is 0 Å². The Labute approximate surface area is 83.0 Å². The molecule has 0 radical (unpaired) electrons. The predicted octanol–water partition coefficient (Wildman–Crippen LogP) is 2.22. The number of nitrogens with zero attached hydrogens (tertiary/aromatic N) is 1. The summed E-state index contributed by atoms with van der Waals surface area (Å²) in [4.78, 5) is 13.6. The summed E-state index contributed by atoms with van der Waals surface area (Å²) < 4.78 is 36.4. The average Bonchev–Trinajstić information content (AvgIpc) is 2.03. The number of hydrogen-bond acceptors (Lipinski definition) is 2. The smallest absolute Gasteiger partial charge is 0.417 e. The zero-order chi connectivity index (χ0) is 10.1. The fourth-order valence-corrected chi connectivity index (χ4v) is 0.812. The zero-order valence-electron chi connectivity index (χ0n) is 6.58. The number of rotatable bonds is 1. The molecule has 0 aliphatic carbocycles. The van der Waals surface area contributed by atoms with Crippen LogP contribution < -0.4 is 0 Å². The van der Waals surface area contributed by atoms with Gasteiger partial charge in [0.15, 0.2) is 0 Å². The molecule has 78 valence electrons. The van der Waals surface area contributed by atoms with E-state index in [4.69, 9.17) is 5.11 Å². The Bertz CT molecular complexity index is 340. The van der Waals surface area contributed by atoms with Crippen LogP contribution in [-0.4, -0.2) is 16.1 Å². The van der Waals surface area contributed by atoms with Crippen LogP contribution in [0.4, 0.5) is 13.2 Å². The fraction of sp³-hybridized carbons (Fsp3) is 0.143. The molecule has 1 aromatic heterocycles. The highest BCUT2D eigenvalue weighted by Gasteiger charge is 2.35. The van der Waals surface area contributed by atoms with E-state index in [2.05, 4.69) is 4.98 Å². The molecule has 0 aromatic carbocycles. The topological polar surface area (TPSA) is 50.2 Å². The van der Waals surface area contributed by atoms with E-state index < -0.39 is 23.3 Å². The lowest BCUT2D eigenvalue weighted by Gasteiger charge is -2.08. The summed E-state index contributed by atoms with van der Waals surface area (Å²) in [5, 5.41) is 8.39. The molecule has 7 heteroatoms. The van der Waals surface area contributed by atoms with E-state index in [0.717, 1.165) is 6.20 Å². The van der Waals surface area contributed by atoms with Gasteiger partial charge in [0.05, 0.1) is 11.1 Å². The molecule has 0 atom stereocenters. The van der Waals surface area contributed by atoms with Gasteiger partial charge in [0.2, 0.25) is 0 Å². The van der Waals surface area contributed by atoms with Crippen molar-refractivity contribution in [2.75, 3.05) is 0 Å². The van der Waals surface area contributed by atoms with Gasteiger partial charge in [-0.3, -0.25) is 4.98 Å². The molecule has 0 spiro atoms. The number of halogens is 4. The van der Waals surface area contributed by atoms with Gasteiger partial charge < -0.3 is 5.11 Å². The van der Waals surface area contributed by atoms with Crippen molar-refractivity contribution in [2.24, 2.45) is 0 Å². The molecule has 0 unspecified atom stereocenters. The molecule has 1 N–H and O–H groups in total. The molecule has 14 heavy (non-hydrogen) atoms. The normalized spacial score (nSPS) is 10.5. The maximum atomic E-state index is 12.1. The number of pyridine rings is 1. The molecule has 0 bridgehead atoms. The van der Waals surface area contributed by atoms with Crippen LogP contribution in [-0.2, 0) is 6.18 Å². The SMILES string of the molecule is Cl.O=C(O)c1cnccc1C(F)(F)F. The molecule has 1 heterocycles. The Morgan fingerprint density at radius 1 is 1.43 bits per heavy atom. The minimum Gasteiger partial charge on any atom is -0.478 e. The molecule has 0 fully saturated rings. The first-order valence-corrected chi connectivity index (χ1v) is 3.17. The van der Waals surface area contributed by atoms with Crippen LogP contribution in [0.5, 0.6) is 0 Å². The van der Waals surface area contributed by atoms with E-state index in [-0.39, 0.29) is 12.4 Å². The first-order valence-electron chi connectivity index (χ1n) is 3.17. The number of carboxylic acids is 1. The Balaban J connectivity index is 0.00000169. The Morgan fingerprint density at radius 3 is 2.36 bits per heavy atom. The summed E-state index contributed by atoms with van der Waals surface area (Å²) in [6.45, 7) is 0. The largest absolute Gasteiger partial charge is 0.478 e. The third-order valence-corrected chi connectivity index (χ3v) is 1.36. The van der Waals surface area contributed by atoms with Crippen molar-refractivity contribution >= 4 is 18.4 Å². The van der Waals surface area contributed by atoms with Crippen LogP contribution in [0.15, 0.2) is 18.5 Å². The van der Waals surface area contributed by atoms with Crippen LogP contribution in [0.25, 0.3) is 0 Å². The van der Waals surface area contributed by atoms with Crippen LogP contribution in [0.2, 0.25) is 0 Å². The maximum Gasteiger partial charge on any atom is 0.417 e. The van der Waals surface area contributed by atoms with E-state index >= 15 is 0 Å². The van der Waals surface area contributed by atoms with Crippen LogP contribution in [0, 0.1) is 0 Å². The van der Waals surface area contributed by atoms with Gasteiger partial charge in [0, 0.05) is 12.4 Å². The van der Waals surface area contributed by atoms with Crippen molar-refractivity contribution in [1.82, 2.24) is 4.98 Å². The number of carboxylic acid groups (broad SMARTS) is 1. The lowest BCUT2D eigenvalue weighted by atomic mass is 10.1. The third kappa shape index (κ3) is 2.59. The number of carbonyl (C=O) groups is 1. The second kappa shape index (κ2) is 4.28. The van der Waals surface area contributed by atoms with Gasteiger partial charge in [-0.15, -0.1) is 12.4 Å². The maximum absolute atomic E-state index is 12.1. The first-order chi connectivity index (χ1) is 5.93. The second-order valence-electron chi connectivity index (χ2n) is 2.22. The molecule has 0 aliphatic heterocycles. The van der Waals surface area contributed by atoms with Crippen LogP contribution in [0.1, 0.15) is 15.9 Å². The van der Waals surface area contributed by atoms with Gasteiger partial charge in [-0.2, -0.15) is 13.2 Å². The molecule has 0 saturated carbocycles. The highest BCUT2D eigenvalue weighted by molar-refractivity contribution is 5.89. The van der Waals surface area contributed by atoms with Crippen molar-refractivity contribution in [3.63, 3.8) is 0 Å². The van der Waals surface area contributed by atoms with E-state index in [1.165, 1.54) is 0 Å². The zero-order valence-corrected chi connectivity index (χ0v) is 7.39. The fourth-order valence-electron chi connectivity index (χ4n) is 0.812. The van der Waals surface area contributed by atoms with Crippen LogP contribution in [0.3, 0.4) is 0 Å². The lowest BCUT2D eigenvalue weighted by Crippen LogP contribution is -2.12. The van der Waals surface area contributed by atoms with Gasteiger partial charge >= 0.3 is 12.1 Å². The number of aromatic nitrogens is 1. The minimum absolute atomic E-state index is 0. The number of aromatic carboxylic acids is 1. The number of alkyl halides is 3. The Kier molecular flexibility index (Phi) is 3.88. The third-order valence-electron chi connectivity index (χ3n) is 1.36. The van der Waals surface area contributed by atoms with Gasteiger partial charge in [-0.05, 0) is 6.07 Å². The van der Waals surface area contributed by atoms with E-state index in [0.29, 0.717) is 12.3 Å². The van der Waals surface area contributed by atoms with Crippen molar-refractivity contribution in [3.05, 3.63) is 29.6 Å². The van der Waals surface area contributed by atoms with Crippen molar-refractivity contribution in [3.8, 4) is 0 Å². The molecule has 1 rings (SSSR count). The molecule has 1 aromatic rings. The van der Waals surface area contributed by atoms with Crippen molar-refractivity contribution in [2.45, 2.75) is 6.18 Å². The van der Waals surface area contributed by atoms with Crippen molar-refractivity contribution < 1.29 is 23.1 Å². The highest BCUT2D eigenvalue weighted by Crippen LogP contribution is 2.31. The molecular weight excluding hydrogens is 223 g/mol. The number of hydrogen-bond donors (Lipinski definition) is 1. The van der Waals surface area contributed by atoms with Crippen LogP contribution >= 0.6 is 12.4 Å². The molecule has 0 saturated heterocycles. The summed E-state index contributed by atoms with van der Waals surface area (Å²) in [5.74, 6) is -1.64. The van der Waals surface area contributed by atoms with Crippen molar-refractivity contribution in [1.29, 1.82) is 0 Å². The van der Waals surface area contributed by atoms with E-state index in [1.807, 2.05) is 0 Å². The average molecular weight is 228 g/mol. The first kappa shape index (κ1) is 12.7. The monoisotopic (exact) mass is 227 g/mol. The van der Waals surface area contributed by atoms with Gasteiger partial charge in [0.25, 0.3) is 0 Å². The molecule has 0 amide bonds. The molecule has 3 nitrogen and oxygen atoms in total. The summed E-state index contributed by atoms with van der Waals surface area (Å²) in [5.41, 5.74) is -2.02. The molecule has 0 aliphatic rings. The standard InChI is InChI=1S/C7H4F3NO2.ClH/c8-7(9,10)5-1-2-11-3-4(5)6(12)13;/h1-3H,(H,12,13);1H. The second-order valence-corrected chi connectivity index (χ2v) is 2.22. The van der Waals surface area contributed by atoms with Gasteiger partial charge in [0.1, 0.15) is 0 Å². The molecular formula is C7H5ClF3NO2. The highest BCUT2D eigenvalue weighted by atomic mass is 35.5. The summed E-state index contributed by atoms with van der Waals surface area (Å²) in [7, 11) is 0.